The number of nitrogens with zero attached hydrogens (tertiary/aromatic N) is 3. The van der Waals surface area contributed by atoms with Crippen LogP contribution in [0.5, 0.6) is 5.75 Å². The molecule has 28 heavy (non-hydrogen) atoms. The van der Waals surface area contributed by atoms with Crippen LogP contribution in [-0.2, 0) is 10.9 Å². The molecule has 1 aliphatic rings. The molecule has 1 aromatic heterocycles. The molecule has 0 amide bonds. The summed E-state index contributed by atoms with van der Waals surface area (Å²) in [6.07, 6.45) is -3.53. The number of phenols is 1. The summed E-state index contributed by atoms with van der Waals surface area (Å²) in [6.45, 7) is 4.34. The molecule has 1 unspecified atom stereocenters. The Balaban J connectivity index is 1.79. The summed E-state index contributed by atoms with van der Waals surface area (Å²) in [7, 11) is 1.89. The standard InChI is InChI=1S/C19H23F3N4O2/c1-12-9-13(19(20,21)22)10-16(27)18(12)15-3-4-17(25-24-15)26-7-8-28-14(11-26)5-6-23-2/h3-4,9-10,14,23,27H,5-8,11H2,1-2H3. The fourth-order valence-corrected chi connectivity index (χ4v) is 3.30. The Morgan fingerprint density at radius 2 is 2.07 bits per heavy atom. The molecule has 1 saturated heterocycles. The smallest absolute Gasteiger partial charge is 0.416 e. The number of aryl methyl sites for hydroxylation is 1. The van der Waals surface area contributed by atoms with Crippen LogP contribution in [0.2, 0.25) is 0 Å². The second-order valence-corrected chi connectivity index (χ2v) is 6.79. The number of aromatic hydroxyl groups is 1. The van der Waals surface area contributed by atoms with Crippen LogP contribution < -0.4 is 10.2 Å². The lowest BCUT2D eigenvalue weighted by Crippen LogP contribution is -2.43. The third-order valence-electron chi connectivity index (χ3n) is 4.73. The highest BCUT2D eigenvalue weighted by molar-refractivity contribution is 5.71. The van der Waals surface area contributed by atoms with Gasteiger partial charge in [0, 0.05) is 18.7 Å². The topological polar surface area (TPSA) is 70.5 Å². The number of ether oxygens (including phenoxy) is 1. The van der Waals surface area contributed by atoms with E-state index in [-0.39, 0.29) is 17.2 Å². The minimum absolute atomic E-state index is 0.101. The van der Waals surface area contributed by atoms with Gasteiger partial charge in [0.05, 0.1) is 24.0 Å². The van der Waals surface area contributed by atoms with E-state index in [1.165, 1.54) is 6.92 Å². The number of halogens is 3. The van der Waals surface area contributed by atoms with E-state index in [1.807, 2.05) is 7.05 Å². The maximum Gasteiger partial charge on any atom is 0.416 e. The van der Waals surface area contributed by atoms with Gasteiger partial charge in [-0.05, 0) is 56.8 Å². The molecular weight excluding hydrogens is 373 g/mol. The fourth-order valence-electron chi connectivity index (χ4n) is 3.30. The van der Waals surface area contributed by atoms with Crippen molar-refractivity contribution in [3.8, 4) is 17.0 Å². The van der Waals surface area contributed by atoms with Crippen LogP contribution in [0.1, 0.15) is 17.5 Å². The van der Waals surface area contributed by atoms with Crippen molar-refractivity contribution in [3.05, 3.63) is 35.4 Å². The van der Waals surface area contributed by atoms with Gasteiger partial charge >= 0.3 is 6.18 Å². The Hall–Kier alpha value is -2.39. The SMILES string of the molecule is CNCCC1CN(c2ccc(-c3c(C)cc(C(F)(F)F)cc3O)nn2)CCO1. The van der Waals surface area contributed by atoms with Crippen molar-refractivity contribution >= 4 is 5.82 Å². The lowest BCUT2D eigenvalue weighted by atomic mass is 10.0. The van der Waals surface area contributed by atoms with Gasteiger partial charge in [-0.15, -0.1) is 10.2 Å². The third kappa shape index (κ3) is 4.53. The number of hydrogen-bond acceptors (Lipinski definition) is 6. The zero-order valence-electron chi connectivity index (χ0n) is 15.8. The lowest BCUT2D eigenvalue weighted by Gasteiger charge is -2.33. The molecule has 2 aromatic rings. The van der Waals surface area contributed by atoms with Gasteiger partial charge in [-0.1, -0.05) is 0 Å². The van der Waals surface area contributed by atoms with E-state index in [2.05, 4.69) is 20.4 Å². The second-order valence-electron chi connectivity index (χ2n) is 6.79. The van der Waals surface area contributed by atoms with Crippen molar-refractivity contribution in [2.75, 3.05) is 38.2 Å². The molecule has 0 spiro atoms. The summed E-state index contributed by atoms with van der Waals surface area (Å²) in [6, 6.07) is 5.14. The largest absolute Gasteiger partial charge is 0.507 e. The van der Waals surface area contributed by atoms with Crippen LogP contribution >= 0.6 is 0 Å². The highest BCUT2D eigenvalue weighted by Crippen LogP contribution is 2.38. The van der Waals surface area contributed by atoms with Crippen LogP contribution in [0.15, 0.2) is 24.3 Å². The molecule has 1 fully saturated rings. The molecule has 1 atom stereocenters. The van der Waals surface area contributed by atoms with E-state index in [4.69, 9.17) is 4.74 Å². The quantitative estimate of drug-likeness (QED) is 0.810. The number of hydrogen-bond donors (Lipinski definition) is 2. The molecule has 0 radical (unpaired) electrons. The molecular formula is C19H23F3N4O2. The van der Waals surface area contributed by atoms with Gasteiger partial charge in [0.25, 0.3) is 0 Å². The van der Waals surface area contributed by atoms with E-state index < -0.39 is 17.5 Å². The van der Waals surface area contributed by atoms with Crippen molar-refractivity contribution in [2.45, 2.75) is 25.6 Å². The predicted octanol–water partition coefficient (Wildman–Crippen LogP) is 2.99. The summed E-state index contributed by atoms with van der Waals surface area (Å²) < 4.78 is 44.4. The first-order valence-corrected chi connectivity index (χ1v) is 9.05. The van der Waals surface area contributed by atoms with Crippen molar-refractivity contribution in [2.24, 2.45) is 0 Å². The van der Waals surface area contributed by atoms with Crippen LogP contribution in [0.4, 0.5) is 19.0 Å². The van der Waals surface area contributed by atoms with Gasteiger partial charge in [-0.2, -0.15) is 13.2 Å². The van der Waals surface area contributed by atoms with Gasteiger partial charge in [-0.3, -0.25) is 0 Å². The molecule has 1 aromatic carbocycles. The number of anilines is 1. The van der Waals surface area contributed by atoms with Crippen molar-refractivity contribution in [3.63, 3.8) is 0 Å². The van der Waals surface area contributed by atoms with Crippen LogP contribution in [-0.4, -0.2) is 54.7 Å². The van der Waals surface area contributed by atoms with Crippen molar-refractivity contribution in [1.82, 2.24) is 15.5 Å². The number of benzene rings is 1. The van der Waals surface area contributed by atoms with Crippen molar-refractivity contribution < 1.29 is 23.0 Å². The summed E-state index contributed by atoms with van der Waals surface area (Å²) in [5, 5.41) is 21.6. The number of rotatable bonds is 5. The summed E-state index contributed by atoms with van der Waals surface area (Å²) in [4.78, 5) is 2.07. The molecule has 152 valence electrons. The highest BCUT2D eigenvalue weighted by Gasteiger charge is 2.32. The van der Waals surface area contributed by atoms with E-state index in [9.17, 15) is 18.3 Å². The van der Waals surface area contributed by atoms with Crippen LogP contribution in [0.3, 0.4) is 0 Å². The summed E-state index contributed by atoms with van der Waals surface area (Å²) >= 11 is 0. The normalized spacial score (nSPS) is 17.8. The molecule has 6 nitrogen and oxygen atoms in total. The maximum absolute atomic E-state index is 12.9. The Bertz CT molecular complexity index is 789. The molecule has 2 N–H and O–H groups in total. The molecule has 0 aliphatic carbocycles. The Morgan fingerprint density at radius 3 is 2.68 bits per heavy atom. The third-order valence-corrected chi connectivity index (χ3v) is 4.73. The monoisotopic (exact) mass is 396 g/mol. The Labute approximate surface area is 161 Å². The van der Waals surface area contributed by atoms with Crippen LogP contribution in [0.25, 0.3) is 11.3 Å². The highest BCUT2D eigenvalue weighted by atomic mass is 19.4. The average Bonchev–Trinajstić information content (AvgIpc) is 2.66. The second kappa shape index (κ2) is 8.32. The summed E-state index contributed by atoms with van der Waals surface area (Å²) in [5.74, 6) is 0.207. The number of morpholine rings is 1. The zero-order chi connectivity index (χ0) is 20.3. The van der Waals surface area contributed by atoms with Crippen molar-refractivity contribution in [1.29, 1.82) is 0 Å². The van der Waals surface area contributed by atoms with Gasteiger partial charge in [0.15, 0.2) is 5.82 Å². The summed E-state index contributed by atoms with van der Waals surface area (Å²) in [5.41, 5.74) is -0.0296. The minimum Gasteiger partial charge on any atom is -0.507 e. The van der Waals surface area contributed by atoms with E-state index in [0.717, 1.165) is 19.0 Å². The lowest BCUT2D eigenvalue weighted by molar-refractivity contribution is -0.137. The van der Waals surface area contributed by atoms with E-state index in [1.54, 1.807) is 12.1 Å². The number of nitrogens with one attached hydrogen (secondary N) is 1. The van der Waals surface area contributed by atoms with E-state index in [0.29, 0.717) is 37.3 Å². The first-order valence-electron chi connectivity index (χ1n) is 9.05. The predicted molar refractivity (Wildman–Crippen MR) is 99.4 cm³/mol. The van der Waals surface area contributed by atoms with Gasteiger partial charge < -0.3 is 20.1 Å². The van der Waals surface area contributed by atoms with Crippen LogP contribution in [0, 0.1) is 6.92 Å². The number of aromatic nitrogens is 2. The molecule has 0 saturated carbocycles. The molecule has 0 bridgehead atoms. The van der Waals surface area contributed by atoms with Gasteiger partial charge in [0.1, 0.15) is 5.75 Å². The first-order chi connectivity index (χ1) is 13.3. The molecule has 1 aliphatic heterocycles. The number of phenolic OH excluding ortho intramolecular Hbond substituents is 1. The molecule has 3 rings (SSSR count). The minimum atomic E-state index is -4.52. The maximum atomic E-state index is 12.9. The Kier molecular flexibility index (Phi) is 6.04. The van der Waals surface area contributed by atoms with Gasteiger partial charge in [-0.25, -0.2) is 0 Å². The average molecular weight is 396 g/mol. The molecule has 2 heterocycles. The Morgan fingerprint density at radius 1 is 1.29 bits per heavy atom. The first kappa shape index (κ1) is 20.3. The number of alkyl halides is 3. The fraction of sp³-hybridized carbons (Fsp3) is 0.474. The van der Waals surface area contributed by atoms with Gasteiger partial charge in [0.2, 0.25) is 0 Å². The van der Waals surface area contributed by atoms with E-state index >= 15 is 0 Å². The zero-order valence-corrected chi connectivity index (χ0v) is 15.8. The molecule has 9 heteroatoms.